The third kappa shape index (κ3) is 1.26. The summed E-state index contributed by atoms with van der Waals surface area (Å²) in [6.45, 7) is 0.939. The second kappa shape index (κ2) is 2.84. The summed E-state index contributed by atoms with van der Waals surface area (Å²) < 4.78 is 1.24. The van der Waals surface area contributed by atoms with E-state index in [-0.39, 0.29) is 0 Å². The van der Waals surface area contributed by atoms with Crippen molar-refractivity contribution < 1.29 is 4.79 Å². The fourth-order valence-electron chi connectivity index (χ4n) is 1.30. The van der Waals surface area contributed by atoms with Crippen molar-refractivity contribution in [2.24, 2.45) is 0 Å². The summed E-state index contributed by atoms with van der Waals surface area (Å²) in [6.07, 6.45) is 1.78. The van der Waals surface area contributed by atoms with Gasteiger partial charge in [-0.2, -0.15) is 0 Å². The number of carbonyl (C=O) groups excluding carboxylic acids is 1. The summed E-state index contributed by atoms with van der Waals surface area (Å²) in [5.74, 6) is 0.307. The van der Waals surface area contributed by atoms with Crippen LogP contribution < -0.4 is 4.90 Å². The maximum absolute atomic E-state index is 11.2. The van der Waals surface area contributed by atoms with Crippen LogP contribution in [0, 0.1) is 0 Å². The van der Waals surface area contributed by atoms with Gasteiger partial charge >= 0.3 is 71.1 Å². The van der Waals surface area contributed by atoms with E-state index >= 15 is 0 Å². The first kappa shape index (κ1) is 7.14. The molecule has 58 valence electrons. The molecule has 0 bridgehead atoms. The van der Waals surface area contributed by atoms with Crippen LogP contribution in [0.3, 0.4) is 0 Å². The Morgan fingerprint density at radius 1 is 1.55 bits per heavy atom. The Morgan fingerprint density at radius 2 is 2.45 bits per heavy atom. The van der Waals surface area contributed by atoms with Crippen molar-refractivity contribution in [3.63, 3.8) is 0 Å². The molecule has 2 heterocycles. The van der Waals surface area contributed by atoms with Gasteiger partial charge in [-0.15, -0.1) is 0 Å². The standard InChI is InChI=1S/C8H9NOSe/c10-7-3-1-5-9(7)8-4-2-6-11-8/h2,4,6H,1,3,5H2. The summed E-state index contributed by atoms with van der Waals surface area (Å²) in [4.78, 5) is 15.3. The molecule has 2 nitrogen and oxygen atoms in total. The van der Waals surface area contributed by atoms with Crippen molar-refractivity contribution in [2.45, 2.75) is 12.8 Å². The Kier molecular flexibility index (Phi) is 1.84. The summed E-state index contributed by atoms with van der Waals surface area (Å²) >= 11 is 0.417. The van der Waals surface area contributed by atoms with Gasteiger partial charge in [0.05, 0.1) is 0 Å². The number of hydrogen-bond acceptors (Lipinski definition) is 1. The van der Waals surface area contributed by atoms with Crippen LogP contribution in [0.2, 0.25) is 0 Å². The van der Waals surface area contributed by atoms with Gasteiger partial charge in [-0.1, -0.05) is 0 Å². The van der Waals surface area contributed by atoms with Crippen LogP contribution in [0.4, 0.5) is 4.56 Å². The van der Waals surface area contributed by atoms with Crippen LogP contribution in [0.1, 0.15) is 12.8 Å². The minimum absolute atomic E-state index is 0.307. The molecule has 0 spiro atoms. The van der Waals surface area contributed by atoms with Crippen molar-refractivity contribution in [2.75, 3.05) is 11.4 Å². The average Bonchev–Trinajstić information content (AvgIpc) is 2.55. The fraction of sp³-hybridized carbons (Fsp3) is 0.375. The van der Waals surface area contributed by atoms with Gasteiger partial charge < -0.3 is 0 Å². The molecule has 2 rings (SSSR count). The summed E-state index contributed by atoms with van der Waals surface area (Å²) in [7, 11) is 0. The molecular weight excluding hydrogens is 205 g/mol. The molecule has 0 aliphatic carbocycles. The first-order chi connectivity index (χ1) is 5.38. The third-order valence-corrected chi connectivity index (χ3v) is 3.72. The molecule has 11 heavy (non-hydrogen) atoms. The molecule has 1 aromatic heterocycles. The number of amides is 1. The van der Waals surface area contributed by atoms with E-state index in [0.717, 1.165) is 19.4 Å². The first-order valence-corrected chi connectivity index (χ1v) is 5.56. The minimum atomic E-state index is 0.307. The summed E-state index contributed by atoms with van der Waals surface area (Å²) in [5.41, 5.74) is 0. The Bertz CT molecular complexity index is 255. The topological polar surface area (TPSA) is 20.3 Å². The molecule has 1 fully saturated rings. The second-order valence-corrected chi connectivity index (χ2v) is 4.54. The number of anilines is 1. The molecule has 0 unspecified atom stereocenters. The van der Waals surface area contributed by atoms with Crippen LogP contribution in [0.5, 0.6) is 0 Å². The van der Waals surface area contributed by atoms with E-state index in [0.29, 0.717) is 20.4 Å². The molecule has 1 saturated heterocycles. The number of nitrogens with zero attached hydrogens (tertiary/aromatic N) is 1. The molecule has 1 amide bonds. The quantitative estimate of drug-likeness (QED) is 0.635. The van der Waals surface area contributed by atoms with Gasteiger partial charge in [0.1, 0.15) is 0 Å². The fourth-order valence-corrected chi connectivity index (χ4v) is 2.93. The predicted molar refractivity (Wildman–Crippen MR) is 45.0 cm³/mol. The second-order valence-electron chi connectivity index (χ2n) is 2.60. The SMILES string of the molecule is O=C1CCCN1c1ccc[se]1. The molecule has 1 aliphatic rings. The van der Waals surface area contributed by atoms with E-state index in [4.69, 9.17) is 0 Å². The van der Waals surface area contributed by atoms with Crippen LogP contribution in [-0.4, -0.2) is 27.0 Å². The molecule has 0 aromatic carbocycles. The van der Waals surface area contributed by atoms with E-state index in [2.05, 4.69) is 11.0 Å². The van der Waals surface area contributed by atoms with Crippen LogP contribution in [-0.2, 0) is 4.79 Å². The third-order valence-electron chi connectivity index (χ3n) is 1.85. The molecule has 1 aliphatic heterocycles. The van der Waals surface area contributed by atoms with Crippen molar-refractivity contribution in [3.05, 3.63) is 17.1 Å². The zero-order valence-corrected chi connectivity index (χ0v) is 7.83. The Labute approximate surface area is 71.6 Å². The van der Waals surface area contributed by atoms with E-state index in [1.165, 1.54) is 4.56 Å². The van der Waals surface area contributed by atoms with Crippen LogP contribution in [0.15, 0.2) is 17.1 Å². The first-order valence-electron chi connectivity index (χ1n) is 3.72. The molecular formula is C8H9NOSe. The van der Waals surface area contributed by atoms with Crippen molar-refractivity contribution in [1.29, 1.82) is 0 Å². The normalized spacial score (nSPS) is 17.8. The number of hydrogen-bond donors (Lipinski definition) is 0. The zero-order valence-electron chi connectivity index (χ0n) is 6.12. The van der Waals surface area contributed by atoms with Crippen molar-refractivity contribution >= 4 is 25.0 Å². The maximum atomic E-state index is 11.2. The number of rotatable bonds is 1. The van der Waals surface area contributed by atoms with Gasteiger partial charge in [-0.05, 0) is 0 Å². The Morgan fingerprint density at radius 3 is 3.00 bits per heavy atom. The van der Waals surface area contributed by atoms with Crippen LogP contribution in [0.25, 0.3) is 0 Å². The molecule has 0 saturated carbocycles. The Hall–Kier alpha value is -0.531. The Balaban J connectivity index is 2.23. The molecule has 0 N–H and O–H groups in total. The van der Waals surface area contributed by atoms with E-state index in [1.54, 1.807) is 0 Å². The van der Waals surface area contributed by atoms with Gasteiger partial charge in [0.2, 0.25) is 0 Å². The van der Waals surface area contributed by atoms with Gasteiger partial charge in [0, 0.05) is 0 Å². The predicted octanol–water partition coefficient (Wildman–Crippen LogP) is 0.870. The molecule has 0 radical (unpaired) electrons. The zero-order chi connectivity index (χ0) is 7.68. The van der Waals surface area contributed by atoms with Crippen molar-refractivity contribution in [1.82, 2.24) is 0 Å². The van der Waals surface area contributed by atoms with Gasteiger partial charge in [0.25, 0.3) is 0 Å². The van der Waals surface area contributed by atoms with E-state index in [9.17, 15) is 4.79 Å². The van der Waals surface area contributed by atoms with E-state index < -0.39 is 0 Å². The molecule has 3 heteroatoms. The van der Waals surface area contributed by atoms with Gasteiger partial charge in [-0.3, -0.25) is 0 Å². The summed E-state index contributed by atoms with van der Waals surface area (Å²) in [5, 5.41) is 0. The van der Waals surface area contributed by atoms with Gasteiger partial charge in [0.15, 0.2) is 0 Å². The average molecular weight is 214 g/mol. The van der Waals surface area contributed by atoms with Gasteiger partial charge in [-0.25, -0.2) is 0 Å². The number of carbonyl (C=O) groups is 1. The van der Waals surface area contributed by atoms with E-state index in [1.807, 2.05) is 11.0 Å². The van der Waals surface area contributed by atoms with Crippen LogP contribution >= 0.6 is 0 Å². The molecule has 1 aromatic rings. The molecule has 0 atom stereocenters. The van der Waals surface area contributed by atoms with Crippen molar-refractivity contribution in [3.8, 4) is 0 Å². The summed E-state index contributed by atoms with van der Waals surface area (Å²) in [6, 6.07) is 4.10. The monoisotopic (exact) mass is 215 g/mol.